The summed E-state index contributed by atoms with van der Waals surface area (Å²) in [6.07, 6.45) is 3.51. The van der Waals surface area contributed by atoms with Gasteiger partial charge in [0.05, 0.1) is 0 Å². The van der Waals surface area contributed by atoms with Gasteiger partial charge in [-0.25, -0.2) is 10.6 Å². The van der Waals surface area contributed by atoms with Crippen LogP contribution in [0.5, 0.6) is 0 Å². The normalized spacial score (nSPS) is 17.7. The quantitative estimate of drug-likeness (QED) is 0.498. The fourth-order valence-electron chi connectivity index (χ4n) is 2.48. The maximum Gasteiger partial charge on any atom is 0.421 e. The van der Waals surface area contributed by atoms with Crippen molar-refractivity contribution in [3.05, 3.63) is 53.1 Å². The van der Waals surface area contributed by atoms with E-state index in [2.05, 4.69) is 25.1 Å². The molecule has 1 atom stereocenters. The molecule has 2 rings (SSSR count). The van der Waals surface area contributed by atoms with E-state index in [0.717, 1.165) is 0 Å². The number of carbonyl (C=O) groups is 1. The predicted molar refractivity (Wildman–Crippen MR) is 75.3 cm³/mol. The topological polar surface area (TPSA) is 64.3 Å². The second kappa shape index (κ2) is 5.71. The number of hydrazine groups is 1. The van der Waals surface area contributed by atoms with Crippen molar-refractivity contribution >= 4 is 11.7 Å². The first-order valence-electron chi connectivity index (χ1n) is 6.25. The maximum atomic E-state index is 11.1. The van der Waals surface area contributed by atoms with Crippen molar-refractivity contribution in [2.75, 3.05) is 6.61 Å². The van der Waals surface area contributed by atoms with E-state index in [-0.39, 0.29) is 5.92 Å². The Balaban J connectivity index is 2.31. The van der Waals surface area contributed by atoms with Gasteiger partial charge in [0.2, 0.25) is 0 Å². The third-order valence-electron chi connectivity index (χ3n) is 3.41. The number of allylic oxidation sites excluding steroid dienone is 3. The summed E-state index contributed by atoms with van der Waals surface area (Å²) in [5.74, 6) is 5.11. The van der Waals surface area contributed by atoms with Gasteiger partial charge in [-0.05, 0) is 30.5 Å². The Bertz CT molecular complexity index is 547. The van der Waals surface area contributed by atoms with E-state index in [1.165, 1.54) is 22.3 Å². The number of nitrogens with two attached hydrogens (primary N) is 1. The monoisotopic (exact) mass is 258 g/mol. The third kappa shape index (κ3) is 2.53. The summed E-state index contributed by atoms with van der Waals surface area (Å²) in [4.78, 5) is 11.1. The summed E-state index contributed by atoms with van der Waals surface area (Å²) < 4.78 is 5.10. The molecule has 0 aliphatic heterocycles. The van der Waals surface area contributed by atoms with Gasteiger partial charge in [0, 0.05) is 5.92 Å². The number of nitrogens with one attached hydrogen (secondary N) is 1. The smallest absolute Gasteiger partial charge is 0.421 e. The molecular weight excluding hydrogens is 240 g/mol. The van der Waals surface area contributed by atoms with Gasteiger partial charge in [0.1, 0.15) is 6.61 Å². The molecule has 0 aromatic heterocycles. The highest BCUT2D eigenvalue weighted by atomic mass is 16.6. The Kier molecular flexibility index (Phi) is 4.02. The first-order valence-corrected chi connectivity index (χ1v) is 6.25. The Morgan fingerprint density at radius 1 is 1.47 bits per heavy atom. The van der Waals surface area contributed by atoms with Crippen LogP contribution in [-0.4, -0.2) is 12.7 Å². The zero-order chi connectivity index (χ0) is 13.8. The first kappa shape index (κ1) is 13.4. The summed E-state index contributed by atoms with van der Waals surface area (Å²) in [5.41, 5.74) is 6.79. The Morgan fingerprint density at radius 3 is 2.89 bits per heavy atom. The van der Waals surface area contributed by atoms with E-state index in [1.54, 1.807) is 0 Å². The van der Waals surface area contributed by atoms with Crippen molar-refractivity contribution in [2.24, 2.45) is 5.84 Å². The molecule has 0 spiro atoms. The largest absolute Gasteiger partial charge is 0.448 e. The Labute approximate surface area is 112 Å². The van der Waals surface area contributed by atoms with E-state index in [4.69, 9.17) is 10.6 Å². The summed E-state index contributed by atoms with van der Waals surface area (Å²) in [7, 11) is 0. The van der Waals surface area contributed by atoms with Crippen LogP contribution in [0.1, 0.15) is 30.9 Å². The zero-order valence-corrected chi connectivity index (χ0v) is 11.1. The molecule has 100 valence electrons. The second-order valence-electron chi connectivity index (χ2n) is 4.48. The van der Waals surface area contributed by atoms with E-state index < -0.39 is 6.09 Å². The van der Waals surface area contributed by atoms with Crippen LogP contribution in [0, 0.1) is 0 Å². The molecule has 0 saturated heterocycles. The SMILES string of the molecule is C/C=C\C1=C(C)C(COC(=O)NN)c2ccccc21. The average molecular weight is 258 g/mol. The third-order valence-corrected chi connectivity index (χ3v) is 3.41. The molecule has 4 nitrogen and oxygen atoms in total. The summed E-state index contributed by atoms with van der Waals surface area (Å²) >= 11 is 0. The highest BCUT2D eigenvalue weighted by Gasteiger charge is 2.28. The first-order chi connectivity index (χ1) is 9.19. The Hall–Kier alpha value is -2.07. The fourth-order valence-corrected chi connectivity index (χ4v) is 2.48. The minimum atomic E-state index is -0.607. The summed E-state index contributed by atoms with van der Waals surface area (Å²) in [5, 5.41) is 0. The maximum absolute atomic E-state index is 11.1. The standard InChI is InChI=1S/C15H18N2O2/c1-3-6-11-10(2)14(9-19-15(18)17-16)13-8-5-4-7-12(11)13/h3-8,14H,9,16H2,1-2H3,(H,17,18)/b6-3-. The molecule has 1 aromatic rings. The molecule has 1 aliphatic carbocycles. The summed E-state index contributed by atoms with van der Waals surface area (Å²) in [6, 6.07) is 8.19. The van der Waals surface area contributed by atoms with Crippen molar-refractivity contribution in [3.8, 4) is 0 Å². The number of rotatable bonds is 3. The van der Waals surface area contributed by atoms with Gasteiger partial charge < -0.3 is 4.74 Å². The molecule has 4 heteroatoms. The minimum Gasteiger partial charge on any atom is -0.448 e. The van der Waals surface area contributed by atoms with Crippen LogP contribution in [0.3, 0.4) is 0 Å². The number of ether oxygens (including phenoxy) is 1. The molecular formula is C15H18N2O2. The minimum absolute atomic E-state index is 0.0969. The lowest BCUT2D eigenvalue weighted by Gasteiger charge is -2.14. The lowest BCUT2D eigenvalue weighted by atomic mass is 9.98. The van der Waals surface area contributed by atoms with Crippen LogP contribution < -0.4 is 11.3 Å². The second-order valence-corrected chi connectivity index (χ2v) is 4.48. The van der Waals surface area contributed by atoms with Gasteiger partial charge in [0.15, 0.2) is 0 Å². The van der Waals surface area contributed by atoms with Crippen LogP contribution in [0.4, 0.5) is 4.79 Å². The molecule has 0 heterocycles. The number of carbonyl (C=O) groups excluding carboxylic acids is 1. The van der Waals surface area contributed by atoms with Crippen LogP contribution in [0.25, 0.3) is 5.57 Å². The van der Waals surface area contributed by atoms with E-state index in [9.17, 15) is 4.79 Å². The number of fused-ring (bicyclic) bond motifs is 1. The zero-order valence-electron chi connectivity index (χ0n) is 11.1. The van der Waals surface area contributed by atoms with Crippen molar-refractivity contribution in [2.45, 2.75) is 19.8 Å². The predicted octanol–water partition coefficient (Wildman–Crippen LogP) is 2.73. The molecule has 1 aromatic carbocycles. The Morgan fingerprint density at radius 2 is 2.21 bits per heavy atom. The number of amides is 1. The van der Waals surface area contributed by atoms with Gasteiger partial charge >= 0.3 is 6.09 Å². The van der Waals surface area contributed by atoms with E-state index in [1.807, 2.05) is 30.6 Å². The molecule has 0 fully saturated rings. The van der Waals surface area contributed by atoms with Gasteiger partial charge in [-0.1, -0.05) is 42.0 Å². The van der Waals surface area contributed by atoms with Crippen LogP contribution in [-0.2, 0) is 4.74 Å². The molecule has 19 heavy (non-hydrogen) atoms. The van der Waals surface area contributed by atoms with Crippen LogP contribution in [0.15, 0.2) is 42.0 Å². The average Bonchev–Trinajstić information content (AvgIpc) is 2.70. The van der Waals surface area contributed by atoms with Crippen molar-refractivity contribution < 1.29 is 9.53 Å². The van der Waals surface area contributed by atoms with Gasteiger partial charge in [-0.3, -0.25) is 5.43 Å². The lowest BCUT2D eigenvalue weighted by molar-refractivity contribution is 0.142. The molecule has 3 N–H and O–H groups in total. The van der Waals surface area contributed by atoms with Crippen LogP contribution >= 0.6 is 0 Å². The van der Waals surface area contributed by atoms with Gasteiger partial charge in [-0.15, -0.1) is 0 Å². The number of hydrogen-bond donors (Lipinski definition) is 2. The molecule has 0 radical (unpaired) electrons. The molecule has 1 unspecified atom stereocenters. The van der Waals surface area contributed by atoms with Crippen molar-refractivity contribution in [1.82, 2.24) is 5.43 Å². The van der Waals surface area contributed by atoms with Crippen LogP contribution in [0.2, 0.25) is 0 Å². The molecule has 1 aliphatic rings. The molecule has 0 saturated carbocycles. The number of hydrogen-bond acceptors (Lipinski definition) is 3. The van der Waals surface area contributed by atoms with Gasteiger partial charge in [-0.2, -0.15) is 0 Å². The van der Waals surface area contributed by atoms with E-state index >= 15 is 0 Å². The molecule has 1 amide bonds. The van der Waals surface area contributed by atoms with Crippen molar-refractivity contribution in [3.63, 3.8) is 0 Å². The number of benzene rings is 1. The summed E-state index contributed by atoms with van der Waals surface area (Å²) in [6.45, 7) is 4.37. The lowest BCUT2D eigenvalue weighted by Crippen LogP contribution is -2.31. The highest BCUT2D eigenvalue weighted by Crippen LogP contribution is 2.42. The van der Waals surface area contributed by atoms with Gasteiger partial charge in [0.25, 0.3) is 0 Å². The van der Waals surface area contributed by atoms with E-state index in [0.29, 0.717) is 6.61 Å². The fraction of sp³-hybridized carbons (Fsp3) is 0.267. The molecule has 0 bridgehead atoms. The highest BCUT2D eigenvalue weighted by molar-refractivity contribution is 5.84. The van der Waals surface area contributed by atoms with Crippen molar-refractivity contribution in [1.29, 1.82) is 0 Å².